The predicted molar refractivity (Wildman–Crippen MR) is 93.7 cm³/mol. The Bertz CT molecular complexity index is 660. The highest BCUT2D eigenvalue weighted by atomic mass is 19.1. The summed E-state index contributed by atoms with van der Waals surface area (Å²) in [7, 11) is 4.54. The summed E-state index contributed by atoms with van der Waals surface area (Å²) >= 11 is 0. The number of amides is 1. The Morgan fingerprint density at radius 3 is 2.52 bits per heavy atom. The monoisotopic (exact) mass is 350 g/mol. The molecule has 136 valence electrons. The molecule has 1 aliphatic rings. The lowest BCUT2D eigenvalue weighted by Crippen LogP contribution is -2.60. The van der Waals surface area contributed by atoms with E-state index in [4.69, 9.17) is 9.57 Å². The summed E-state index contributed by atoms with van der Waals surface area (Å²) in [6.07, 6.45) is 0.890. The highest BCUT2D eigenvalue weighted by Crippen LogP contribution is 2.24. The van der Waals surface area contributed by atoms with Crippen LogP contribution >= 0.6 is 0 Å². The van der Waals surface area contributed by atoms with Crippen LogP contribution in [0.15, 0.2) is 12.1 Å². The number of hydroxylamine groups is 2. The number of piperidine rings is 1. The summed E-state index contributed by atoms with van der Waals surface area (Å²) in [5, 5.41) is 4.58. The summed E-state index contributed by atoms with van der Waals surface area (Å²) in [5.41, 5.74) is 0.888. The van der Waals surface area contributed by atoms with Crippen molar-refractivity contribution >= 4 is 25.2 Å². The van der Waals surface area contributed by atoms with Gasteiger partial charge in [-0.25, -0.2) is 9.18 Å². The Labute approximate surface area is 148 Å². The maximum absolute atomic E-state index is 13.6. The Kier molecular flexibility index (Phi) is 6.18. The van der Waals surface area contributed by atoms with Crippen LogP contribution in [0.1, 0.15) is 24.0 Å². The molecule has 2 rings (SSSR count). The average Bonchev–Trinajstić information content (AvgIpc) is 2.59. The number of halogens is 1. The molecule has 0 unspecified atom stereocenters. The third-order valence-electron chi connectivity index (χ3n) is 4.76. The van der Waals surface area contributed by atoms with E-state index in [9.17, 15) is 14.0 Å². The van der Waals surface area contributed by atoms with Crippen LogP contribution in [-0.4, -0.2) is 57.6 Å². The number of benzene rings is 1. The van der Waals surface area contributed by atoms with Gasteiger partial charge in [0, 0.05) is 13.1 Å². The van der Waals surface area contributed by atoms with Crippen molar-refractivity contribution in [1.82, 2.24) is 10.4 Å². The van der Waals surface area contributed by atoms with Gasteiger partial charge in [-0.05, 0) is 37.0 Å². The summed E-state index contributed by atoms with van der Waals surface area (Å²) in [5.74, 6) is -1.03. The molecule has 1 aliphatic heterocycles. The minimum atomic E-state index is -1.05. The molecule has 1 heterocycles. The number of hydrogen-bond acceptors (Lipinski definition) is 5. The zero-order valence-corrected chi connectivity index (χ0v) is 15.1. The molecule has 0 atom stereocenters. The lowest BCUT2D eigenvalue weighted by molar-refractivity contribution is -0.171. The lowest BCUT2D eigenvalue weighted by Gasteiger charge is -2.39. The molecule has 0 saturated carbocycles. The summed E-state index contributed by atoms with van der Waals surface area (Å²) in [4.78, 5) is 30.0. The highest BCUT2D eigenvalue weighted by Gasteiger charge is 2.43. The Morgan fingerprint density at radius 1 is 1.32 bits per heavy atom. The zero-order chi connectivity index (χ0) is 18.6. The van der Waals surface area contributed by atoms with Gasteiger partial charge in [0.15, 0.2) is 0 Å². The SMILES string of the molecule is Bc1cc(CC(=O)NC2(C(=O)OC)CCN(OC)CC2)c(C)cc1F. The van der Waals surface area contributed by atoms with Crippen molar-refractivity contribution in [1.29, 1.82) is 0 Å². The maximum atomic E-state index is 13.6. The molecule has 1 aromatic rings. The van der Waals surface area contributed by atoms with Gasteiger partial charge in [0.25, 0.3) is 0 Å². The van der Waals surface area contributed by atoms with E-state index in [1.54, 1.807) is 33.0 Å². The first-order chi connectivity index (χ1) is 11.8. The fraction of sp³-hybridized carbons (Fsp3) is 0.529. The second kappa shape index (κ2) is 7.97. The molecule has 0 aliphatic carbocycles. The highest BCUT2D eigenvalue weighted by molar-refractivity contribution is 6.32. The van der Waals surface area contributed by atoms with Gasteiger partial charge in [0.05, 0.1) is 20.6 Å². The predicted octanol–water partition coefficient (Wildman–Crippen LogP) is -0.380. The Hall–Kier alpha value is -1.93. The van der Waals surface area contributed by atoms with Gasteiger partial charge in [-0.15, -0.1) is 0 Å². The molecule has 1 amide bonds. The van der Waals surface area contributed by atoms with Gasteiger partial charge >= 0.3 is 5.97 Å². The number of rotatable bonds is 5. The first kappa shape index (κ1) is 19.4. The van der Waals surface area contributed by atoms with Gasteiger partial charge in [-0.2, -0.15) is 5.06 Å². The second-order valence-corrected chi connectivity index (χ2v) is 6.44. The van der Waals surface area contributed by atoms with Gasteiger partial charge in [0.1, 0.15) is 19.2 Å². The average molecular weight is 350 g/mol. The van der Waals surface area contributed by atoms with E-state index in [0.717, 1.165) is 5.56 Å². The number of aryl methyl sites for hydroxylation is 1. The molecule has 1 N–H and O–H groups in total. The fourth-order valence-electron chi connectivity index (χ4n) is 3.14. The molecule has 0 bridgehead atoms. The Morgan fingerprint density at radius 2 is 1.96 bits per heavy atom. The smallest absolute Gasteiger partial charge is 0.331 e. The van der Waals surface area contributed by atoms with Crippen LogP contribution in [-0.2, 0) is 25.6 Å². The van der Waals surface area contributed by atoms with Gasteiger partial charge in [-0.1, -0.05) is 11.5 Å². The van der Waals surface area contributed by atoms with Crippen LogP contribution in [0.3, 0.4) is 0 Å². The van der Waals surface area contributed by atoms with Crippen molar-refractivity contribution in [2.24, 2.45) is 0 Å². The Balaban J connectivity index is 2.13. The van der Waals surface area contributed by atoms with Crippen LogP contribution in [0.25, 0.3) is 0 Å². The van der Waals surface area contributed by atoms with Crippen molar-refractivity contribution < 1.29 is 23.6 Å². The molecular weight excluding hydrogens is 326 g/mol. The standard InChI is InChI=1S/C17H24BFN2O4/c1-11-8-14(19)13(18)9-12(11)10-15(22)20-17(16(23)24-2)4-6-21(25-3)7-5-17/h8-9H,4-7,10,18H2,1-3H3,(H,20,22). The number of ether oxygens (including phenoxy) is 1. The molecule has 6 nitrogen and oxygen atoms in total. The van der Waals surface area contributed by atoms with Crippen molar-refractivity contribution in [2.75, 3.05) is 27.3 Å². The van der Waals surface area contributed by atoms with E-state index >= 15 is 0 Å². The summed E-state index contributed by atoms with van der Waals surface area (Å²) in [6.45, 7) is 2.79. The molecule has 1 saturated heterocycles. The van der Waals surface area contributed by atoms with Crippen LogP contribution < -0.4 is 10.8 Å². The first-order valence-electron chi connectivity index (χ1n) is 8.25. The quantitative estimate of drug-likeness (QED) is 0.579. The van der Waals surface area contributed by atoms with Crippen LogP contribution in [0.5, 0.6) is 0 Å². The van der Waals surface area contributed by atoms with Crippen molar-refractivity contribution in [3.05, 3.63) is 29.1 Å². The molecule has 1 fully saturated rings. The molecule has 0 spiro atoms. The van der Waals surface area contributed by atoms with Crippen LogP contribution in [0.4, 0.5) is 4.39 Å². The third-order valence-corrected chi connectivity index (χ3v) is 4.76. The summed E-state index contributed by atoms with van der Waals surface area (Å²) < 4.78 is 18.5. The third kappa shape index (κ3) is 4.38. The molecule has 25 heavy (non-hydrogen) atoms. The van der Waals surface area contributed by atoms with E-state index in [1.165, 1.54) is 13.2 Å². The van der Waals surface area contributed by atoms with E-state index < -0.39 is 11.5 Å². The summed E-state index contributed by atoms with van der Waals surface area (Å²) in [6, 6.07) is 3.09. The van der Waals surface area contributed by atoms with E-state index in [2.05, 4.69) is 5.32 Å². The molecular formula is C17H24BFN2O4. The minimum Gasteiger partial charge on any atom is -0.467 e. The molecule has 0 radical (unpaired) electrons. The van der Waals surface area contributed by atoms with E-state index in [-0.39, 0.29) is 18.1 Å². The van der Waals surface area contributed by atoms with Gasteiger partial charge in [0.2, 0.25) is 5.91 Å². The number of nitrogens with one attached hydrogen (secondary N) is 1. The lowest BCUT2D eigenvalue weighted by atomic mass is 9.87. The topological polar surface area (TPSA) is 67.9 Å². The zero-order valence-electron chi connectivity index (χ0n) is 15.1. The first-order valence-corrected chi connectivity index (χ1v) is 8.25. The van der Waals surface area contributed by atoms with Gasteiger partial charge in [-0.3, -0.25) is 4.79 Å². The number of methoxy groups -OCH3 is 1. The largest absolute Gasteiger partial charge is 0.467 e. The number of carbonyl (C=O) groups excluding carboxylic acids is 2. The molecule has 0 aromatic heterocycles. The van der Waals surface area contributed by atoms with Crippen LogP contribution in [0, 0.1) is 12.7 Å². The normalized spacial score (nSPS) is 17.1. The number of hydrogen-bond donors (Lipinski definition) is 1. The minimum absolute atomic E-state index is 0.0830. The van der Waals surface area contributed by atoms with E-state index in [1.807, 2.05) is 0 Å². The van der Waals surface area contributed by atoms with Crippen molar-refractivity contribution in [2.45, 2.75) is 31.7 Å². The van der Waals surface area contributed by atoms with Gasteiger partial charge < -0.3 is 14.9 Å². The van der Waals surface area contributed by atoms with Crippen molar-refractivity contribution in [3.63, 3.8) is 0 Å². The number of esters is 1. The van der Waals surface area contributed by atoms with E-state index in [0.29, 0.717) is 37.0 Å². The molecule has 1 aromatic carbocycles. The molecule has 8 heteroatoms. The van der Waals surface area contributed by atoms with Crippen LogP contribution in [0.2, 0.25) is 0 Å². The fourth-order valence-corrected chi connectivity index (χ4v) is 3.14. The number of nitrogens with zero attached hydrogens (tertiary/aromatic N) is 1. The van der Waals surface area contributed by atoms with Crippen molar-refractivity contribution in [3.8, 4) is 0 Å². The maximum Gasteiger partial charge on any atom is 0.331 e. The second-order valence-electron chi connectivity index (χ2n) is 6.44. The number of carbonyl (C=O) groups is 2.